The largest absolute Gasteiger partial charge is 0.497 e. The van der Waals surface area contributed by atoms with E-state index < -0.39 is 0 Å². The van der Waals surface area contributed by atoms with Crippen molar-refractivity contribution in [1.29, 1.82) is 0 Å². The van der Waals surface area contributed by atoms with E-state index >= 15 is 0 Å². The normalized spacial score (nSPS) is 10.7. The first kappa shape index (κ1) is 12.7. The zero-order valence-corrected chi connectivity index (χ0v) is 11.7. The third-order valence-corrected chi connectivity index (χ3v) is 3.98. The molecule has 0 amide bonds. The smallest absolute Gasteiger partial charge is 0.125 e. The summed E-state index contributed by atoms with van der Waals surface area (Å²) in [6.07, 6.45) is 3.51. The molecule has 0 radical (unpaired) electrons. The van der Waals surface area contributed by atoms with Crippen LogP contribution in [0.2, 0.25) is 0 Å². The standard InChI is InChI=1S/C15H13N3OS/c1-19-11-4-5-12-10(9-11)6-8-18-14(12)20-15-13(16)3-2-7-17-15/h2-9H,16H2,1H3. The molecular formula is C15H13N3OS. The van der Waals surface area contributed by atoms with Gasteiger partial charge in [-0.15, -0.1) is 0 Å². The summed E-state index contributed by atoms with van der Waals surface area (Å²) in [6.45, 7) is 0. The molecule has 3 aromatic rings. The lowest BCUT2D eigenvalue weighted by atomic mass is 10.2. The molecular weight excluding hydrogens is 270 g/mol. The maximum atomic E-state index is 5.93. The van der Waals surface area contributed by atoms with Gasteiger partial charge in [-0.3, -0.25) is 0 Å². The first-order valence-electron chi connectivity index (χ1n) is 6.09. The van der Waals surface area contributed by atoms with Crippen molar-refractivity contribution in [2.75, 3.05) is 12.8 Å². The van der Waals surface area contributed by atoms with Gasteiger partial charge < -0.3 is 10.5 Å². The van der Waals surface area contributed by atoms with E-state index in [9.17, 15) is 0 Å². The minimum absolute atomic E-state index is 0.657. The third kappa shape index (κ3) is 2.40. The summed E-state index contributed by atoms with van der Waals surface area (Å²) in [5, 5.41) is 3.79. The highest BCUT2D eigenvalue weighted by molar-refractivity contribution is 7.99. The second kappa shape index (κ2) is 5.38. The van der Waals surface area contributed by atoms with Crippen molar-refractivity contribution >= 4 is 28.2 Å². The van der Waals surface area contributed by atoms with Crippen molar-refractivity contribution in [3.05, 3.63) is 48.8 Å². The zero-order chi connectivity index (χ0) is 13.9. The number of rotatable bonds is 3. The van der Waals surface area contributed by atoms with E-state index in [1.807, 2.05) is 36.4 Å². The Morgan fingerprint density at radius 2 is 1.90 bits per heavy atom. The van der Waals surface area contributed by atoms with E-state index in [1.54, 1.807) is 19.5 Å². The van der Waals surface area contributed by atoms with Crippen LogP contribution in [0.15, 0.2) is 58.8 Å². The average Bonchev–Trinajstić information content (AvgIpc) is 2.49. The van der Waals surface area contributed by atoms with Crippen molar-refractivity contribution in [1.82, 2.24) is 9.97 Å². The van der Waals surface area contributed by atoms with Crippen molar-refractivity contribution in [2.24, 2.45) is 0 Å². The molecule has 0 aliphatic rings. The van der Waals surface area contributed by atoms with Gasteiger partial charge in [0.05, 0.1) is 12.8 Å². The summed E-state index contributed by atoms with van der Waals surface area (Å²) in [7, 11) is 1.66. The van der Waals surface area contributed by atoms with Gasteiger partial charge in [-0.25, -0.2) is 9.97 Å². The average molecular weight is 283 g/mol. The second-order valence-electron chi connectivity index (χ2n) is 4.20. The number of anilines is 1. The molecule has 0 unspecified atom stereocenters. The van der Waals surface area contributed by atoms with Gasteiger partial charge in [0.25, 0.3) is 0 Å². The van der Waals surface area contributed by atoms with Crippen LogP contribution in [0, 0.1) is 0 Å². The number of nitrogens with zero attached hydrogens (tertiary/aromatic N) is 2. The molecule has 0 aliphatic carbocycles. The maximum Gasteiger partial charge on any atom is 0.125 e. The number of aromatic nitrogens is 2. The predicted octanol–water partition coefficient (Wildman–Crippen LogP) is 3.37. The van der Waals surface area contributed by atoms with E-state index in [0.717, 1.165) is 26.6 Å². The Hall–Kier alpha value is -2.27. The number of nitrogens with two attached hydrogens (primary N) is 1. The van der Waals surface area contributed by atoms with Crippen LogP contribution < -0.4 is 10.5 Å². The molecule has 0 saturated carbocycles. The first-order valence-corrected chi connectivity index (χ1v) is 6.90. The fourth-order valence-corrected chi connectivity index (χ4v) is 2.81. The van der Waals surface area contributed by atoms with Crippen molar-refractivity contribution in [3.63, 3.8) is 0 Å². The third-order valence-electron chi connectivity index (χ3n) is 2.93. The number of benzene rings is 1. The van der Waals surface area contributed by atoms with Crippen LogP contribution in [-0.4, -0.2) is 17.1 Å². The van der Waals surface area contributed by atoms with E-state index in [-0.39, 0.29) is 0 Å². The van der Waals surface area contributed by atoms with Gasteiger partial charge in [0, 0.05) is 17.8 Å². The SMILES string of the molecule is COc1ccc2c(Sc3ncccc3N)nccc2c1. The Bertz CT molecular complexity index is 761. The molecule has 5 heteroatoms. The molecule has 2 aromatic heterocycles. The molecule has 1 aromatic carbocycles. The molecule has 0 bridgehead atoms. The van der Waals surface area contributed by atoms with E-state index in [0.29, 0.717) is 5.69 Å². The Morgan fingerprint density at radius 3 is 2.70 bits per heavy atom. The Kier molecular flexibility index (Phi) is 3.43. The minimum atomic E-state index is 0.657. The summed E-state index contributed by atoms with van der Waals surface area (Å²) >= 11 is 1.47. The highest BCUT2D eigenvalue weighted by atomic mass is 32.2. The first-order chi connectivity index (χ1) is 9.78. The molecule has 20 heavy (non-hydrogen) atoms. The molecule has 2 N–H and O–H groups in total. The predicted molar refractivity (Wildman–Crippen MR) is 81.1 cm³/mol. The van der Waals surface area contributed by atoms with Crippen molar-refractivity contribution in [2.45, 2.75) is 10.1 Å². The topological polar surface area (TPSA) is 61.0 Å². The van der Waals surface area contributed by atoms with E-state index in [2.05, 4.69) is 9.97 Å². The molecule has 0 atom stereocenters. The van der Waals surface area contributed by atoms with Crippen LogP contribution in [0.3, 0.4) is 0 Å². The Labute approximate surface area is 121 Å². The van der Waals surface area contributed by atoms with Crippen LogP contribution in [0.1, 0.15) is 0 Å². The Balaban J connectivity index is 2.06. The summed E-state index contributed by atoms with van der Waals surface area (Å²) in [6, 6.07) is 11.5. The summed E-state index contributed by atoms with van der Waals surface area (Å²) in [5.74, 6) is 0.831. The van der Waals surface area contributed by atoms with Crippen LogP contribution in [0.25, 0.3) is 10.8 Å². The van der Waals surface area contributed by atoms with Crippen molar-refractivity contribution < 1.29 is 4.74 Å². The number of hydrogen-bond acceptors (Lipinski definition) is 5. The molecule has 100 valence electrons. The summed E-state index contributed by atoms with van der Waals surface area (Å²) in [4.78, 5) is 8.71. The van der Waals surface area contributed by atoms with Gasteiger partial charge in [-0.2, -0.15) is 0 Å². The van der Waals surface area contributed by atoms with Crippen LogP contribution >= 0.6 is 11.8 Å². The van der Waals surface area contributed by atoms with Crippen LogP contribution in [0.5, 0.6) is 5.75 Å². The Morgan fingerprint density at radius 1 is 1.05 bits per heavy atom. The van der Waals surface area contributed by atoms with Gasteiger partial charge >= 0.3 is 0 Å². The molecule has 3 rings (SSSR count). The lowest BCUT2D eigenvalue weighted by Crippen LogP contribution is -1.92. The maximum absolute atomic E-state index is 5.93. The molecule has 0 saturated heterocycles. The molecule has 4 nitrogen and oxygen atoms in total. The van der Waals surface area contributed by atoms with Crippen LogP contribution in [0.4, 0.5) is 5.69 Å². The second-order valence-corrected chi connectivity index (χ2v) is 5.18. The fourth-order valence-electron chi connectivity index (χ4n) is 1.92. The van der Waals surface area contributed by atoms with Gasteiger partial charge in [0.1, 0.15) is 15.8 Å². The van der Waals surface area contributed by atoms with Gasteiger partial charge in [0.15, 0.2) is 0 Å². The minimum Gasteiger partial charge on any atom is -0.497 e. The van der Waals surface area contributed by atoms with Crippen molar-refractivity contribution in [3.8, 4) is 5.75 Å². The number of hydrogen-bond donors (Lipinski definition) is 1. The van der Waals surface area contributed by atoms with Gasteiger partial charge in [0.2, 0.25) is 0 Å². The molecule has 2 heterocycles. The summed E-state index contributed by atoms with van der Waals surface area (Å²) < 4.78 is 5.24. The fraction of sp³-hybridized carbons (Fsp3) is 0.0667. The highest BCUT2D eigenvalue weighted by Crippen LogP contribution is 2.34. The number of pyridine rings is 2. The molecule has 0 spiro atoms. The number of nitrogen functional groups attached to an aromatic ring is 1. The number of ether oxygens (including phenoxy) is 1. The van der Waals surface area contributed by atoms with E-state index in [1.165, 1.54) is 11.8 Å². The van der Waals surface area contributed by atoms with Gasteiger partial charge in [-0.1, -0.05) is 0 Å². The molecule has 0 fully saturated rings. The monoisotopic (exact) mass is 283 g/mol. The van der Waals surface area contributed by atoms with E-state index in [4.69, 9.17) is 10.5 Å². The summed E-state index contributed by atoms with van der Waals surface area (Å²) in [5.41, 5.74) is 6.58. The number of methoxy groups -OCH3 is 1. The van der Waals surface area contributed by atoms with Gasteiger partial charge in [-0.05, 0) is 53.5 Å². The lowest BCUT2D eigenvalue weighted by molar-refractivity contribution is 0.415. The highest BCUT2D eigenvalue weighted by Gasteiger charge is 2.08. The number of fused-ring (bicyclic) bond motifs is 1. The quantitative estimate of drug-likeness (QED) is 0.798. The van der Waals surface area contributed by atoms with Crippen LogP contribution in [-0.2, 0) is 0 Å². The molecule has 0 aliphatic heterocycles. The lowest BCUT2D eigenvalue weighted by Gasteiger charge is -2.07. The zero-order valence-electron chi connectivity index (χ0n) is 10.9.